The lowest BCUT2D eigenvalue weighted by molar-refractivity contribution is -0.120. The van der Waals surface area contributed by atoms with E-state index >= 15 is 0 Å². The number of carbonyl (C=O) groups is 1. The monoisotopic (exact) mass is 387 g/mol. The van der Waals surface area contributed by atoms with Crippen LogP contribution in [0.1, 0.15) is 18.4 Å². The first-order valence-corrected chi connectivity index (χ1v) is 9.37. The highest BCUT2D eigenvalue weighted by Crippen LogP contribution is 2.25. The van der Waals surface area contributed by atoms with Gasteiger partial charge in [0.15, 0.2) is 0 Å². The molecule has 0 aliphatic rings. The second kappa shape index (κ2) is 8.38. The van der Waals surface area contributed by atoms with Crippen LogP contribution in [0, 0.1) is 6.92 Å². The third-order valence-electron chi connectivity index (χ3n) is 3.70. The molecule has 1 N–H and O–H groups in total. The summed E-state index contributed by atoms with van der Waals surface area (Å²) in [6.45, 7) is 4.07. The summed E-state index contributed by atoms with van der Waals surface area (Å²) < 4.78 is 5.19. The van der Waals surface area contributed by atoms with Crippen molar-refractivity contribution in [1.29, 1.82) is 0 Å². The molecule has 2 aromatic carbocycles. The van der Waals surface area contributed by atoms with E-state index in [1.54, 1.807) is 6.07 Å². The molecule has 5 nitrogen and oxygen atoms in total. The Balaban J connectivity index is 1.56. The van der Waals surface area contributed by atoms with Crippen molar-refractivity contribution in [3.8, 4) is 11.4 Å². The fourth-order valence-electron chi connectivity index (χ4n) is 2.26. The molecule has 1 atom stereocenters. The summed E-state index contributed by atoms with van der Waals surface area (Å²) in [6.07, 6.45) is 0. The van der Waals surface area contributed by atoms with Crippen LogP contribution in [0.4, 0.5) is 0 Å². The molecule has 0 unspecified atom stereocenters. The quantitative estimate of drug-likeness (QED) is 0.631. The van der Waals surface area contributed by atoms with Crippen LogP contribution in [-0.2, 0) is 11.3 Å². The number of nitrogens with one attached hydrogen (secondary N) is 1. The summed E-state index contributed by atoms with van der Waals surface area (Å²) in [7, 11) is 0. The van der Waals surface area contributed by atoms with Crippen molar-refractivity contribution in [1.82, 2.24) is 15.5 Å². The highest BCUT2D eigenvalue weighted by molar-refractivity contribution is 8.00. The molecule has 0 saturated carbocycles. The van der Waals surface area contributed by atoms with Crippen LogP contribution in [0.25, 0.3) is 11.4 Å². The van der Waals surface area contributed by atoms with Crippen LogP contribution in [0.15, 0.2) is 57.9 Å². The van der Waals surface area contributed by atoms with E-state index in [-0.39, 0.29) is 17.7 Å². The molecule has 1 amide bonds. The third-order valence-corrected chi connectivity index (χ3v) is 5.14. The number of carbonyl (C=O) groups excluding carboxylic acids is 1. The molecule has 0 spiro atoms. The molecule has 1 aromatic heterocycles. The average Bonchev–Trinajstić information content (AvgIpc) is 3.10. The lowest BCUT2D eigenvalue weighted by Crippen LogP contribution is -2.30. The summed E-state index contributed by atoms with van der Waals surface area (Å²) in [6, 6.07) is 15.3. The van der Waals surface area contributed by atoms with E-state index in [1.807, 2.05) is 56.3 Å². The van der Waals surface area contributed by atoms with Crippen molar-refractivity contribution >= 4 is 29.3 Å². The average molecular weight is 388 g/mol. The van der Waals surface area contributed by atoms with Crippen molar-refractivity contribution in [2.75, 3.05) is 0 Å². The van der Waals surface area contributed by atoms with Gasteiger partial charge >= 0.3 is 0 Å². The zero-order valence-corrected chi connectivity index (χ0v) is 16.0. The second-order valence-corrected chi connectivity index (χ2v) is 7.60. The molecule has 0 aliphatic heterocycles. The van der Waals surface area contributed by atoms with Gasteiger partial charge in [-0.1, -0.05) is 46.6 Å². The highest BCUT2D eigenvalue weighted by atomic mass is 35.5. The molecule has 0 radical (unpaired) electrons. The summed E-state index contributed by atoms with van der Waals surface area (Å²) in [5.74, 6) is 0.649. The van der Waals surface area contributed by atoms with Crippen LogP contribution < -0.4 is 5.32 Å². The fraction of sp³-hybridized carbons (Fsp3) is 0.211. The number of halogens is 1. The molecular weight excluding hydrogens is 370 g/mol. The summed E-state index contributed by atoms with van der Waals surface area (Å²) in [4.78, 5) is 17.6. The van der Waals surface area contributed by atoms with Crippen LogP contribution in [0.2, 0.25) is 5.02 Å². The number of hydrogen-bond donors (Lipinski definition) is 1. The highest BCUT2D eigenvalue weighted by Gasteiger charge is 2.16. The summed E-state index contributed by atoms with van der Waals surface area (Å²) in [5, 5.41) is 7.06. The van der Waals surface area contributed by atoms with Gasteiger partial charge in [-0.3, -0.25) is 4.79 Å². The lowest BCUT2D eigenvalue weighted by atomic mass is 10.2. The van der Waals surface area contributed by atoms with Gasteiger partial charge in [0, 0.05) is 10.5 Å². The number of nitrogens with zero attached hydrogens (tertiary/aromatic N) is 2. The summed E-state index contributed by atoms with van der Waals surface area (Å²) in [5.41, 5.74) is 1.89. The van der Waals surface area contributed by atoms with Crippen LogP contribution in [0.3, 0.4) is 0 Å². The van der Waals surface area contributed by atoms with Crippen LogP contribution in [-0.4, -0.2) is 21.3 Å². The third kappa shape index (κ3) is 4.65. The molecule has 0 saturated heterocycles. The van der Waals surface area contributed by atoms with Crippen molar-refractivity contribution in [2.24, 2.45) is 0 Å². The maximum absolute atomic E-state index is 12.3. The van der Waals surface area contributed by atoms with E-state index < -0.39 is 0 Å². The van der Waals surface area contributed by atoms with Gasteiger partial charge in [-0.25, -0.2) is 0 Å². The Morgan fingerprint density at radius 3 is 2.69 bits per heavy atom. The second-order valence-electron chi connectivity index (χ2n) is 5.78. The maximum Gasteiger partial charge on any atom is 0.246 e. The first-order valence-electron chi connectivity index (χ1n) is 8.11. The molecule has 26 heavy (non-hydrogen) atoms. The molecule has 0 fully saturated rings. The van der Waals surface area contributed by atoms with E-state index in [9.17, 15) is 4.79 Å². The Hall–Kier alpha value is -2.31. The Labute approximate surface area is 161 Å². The molecule has 3 aromatic rings. The van der Waals surface area contributed by atoms with Crippen molar-refractivity contribution in [3.05, 3.63) is 65.0 Å². The number of aromatic nitrogens is 2. The number of benzene rings is 2. The minimum Gasteiger partial charge on any atom is -0.346 e. The molecular formula is C19H18ClN3O2S. The number of amides is 1. The van der Waals surface area contributed by atoms with Gasteiger partial charge in [-0.15, -0.1) is 11.8 Å². The van der Waals surface area contributed by atoms with Crippen molar-refractivity contribution < 1.29 is 9.32 Å². The Kier molecular flexibility index (Phi) is 5.96. The van der Waals surface area contributed by atoms with E-state index in [4.69, 9.17) is 16.1 Å². The van der Waals surface area contributed by atoms with Gasteiger partial charge in [0.1, 0.15) is 0 Å². The lowest BCUT2D eigenvalue weighted by Gasteiger charge is -2.11. The van der Waals surface area contributed by atoms with Crippen molar-refractivity contribution in [3.63, 3.8) is 0 Å². The van der Waals surface area contributed by atoms with E-state index in [0.717, 1.165) is 4.90 Å². The van der Waals surface area contributed by atoms with Crippen molar-refractivity contribution in [2.45, 2.75) is 30.5 Å². The first kappa shape index (κ1) is 18.5. The van der Waals surface area contributed by atoms with Gasteiger partial charge < -0.3 is 9.84 Å². The van der Waals surface area contributed by atoms with Crippen LogP contribution in [0.5, 0.6) is 0 Å². The molecule has 1 heterocycles. The number of aryl methyl sites for hydroxylation is 1. The topological polar surface area (TPSA) is 68.0 Å². The Bertz CT molecular complexity index is 896. The minimum absolute atomic E-state index is 0.0898. The van der Waals surface area contributed by atoms with Gasteiger partial charge in [-0.2, -0.15) is 4.98 Å². The van der Waals surface area contributed by atoms with Crippen LogP contribution >= 0.6 is 23.4 Å². The van der Waals surface area contributed by atoms with Gasteiger partial charge in [0.25, 0.3) is 0 Å². The molecule has 0 aliphatic carbocycles. The Morgan fingerprint density at radius 1 is 1.23 bits per heavy atom. The zero-order chi connectivity index (χ0) is 18.5. The smallest absolute Gasteiger partial charge is 0.246 e. The predicted molar refractivity (Wildman–Crippen MR) is 103 cm³/mol. The number of hydrogen-bond acceptors (Lipinski definition) is 5. The number of thioether (sulfide) groups is 1. The SMILES string of the molecule is Cc1ccc(S[C@@H](C)C(=O)NCc2nc(-c3ccccc3Cl)no2)cc1. The zero-order valence-electron chi connectivity index (χ0n) is 14.4. The normalized spacial score (nSPS) is 12.0. The fourth-order valence-corrected chi connectivity index (χ4v) is 3.37. The van der Waals surface area contributed by atoms with Gasteiger partial charge in [-0.05, 0) is 38.1 Å². The van der Waals surface area contributed by atoms with E-state index in [0.29, 0.717) is 22.3 Å². The molecule has 7 heteroatoms. The standard InChI is InChI=1S/C19H18ClN3O2S/c1-12-7-9-14(10-8-12)26-13(2)19(24)21-11-17-22-18(23-25-17)15-5-3-4-6-16(15)20/h3-10,13H,11H2,1-2H3,(H,21,24)/t13-/m0/s1. The predicted octanol–water partition coefficient (Wildman–Crippen LogP) is 4.50. The van der Waals surface area contributed by atoms with Gasteiger partial charge in [0.2, 0.25) is 17.6 Å². The molecule has 3 rings (SSSR count). The largest absolute Gasteiger partial charge is 0.346 e. The molecule has 134 valence electrons. The summed E-state index contributed by atoms with van der Waals surface area (Å²) >= 11 is 7.63. The van der Waals surface area contributed by atoms with E-state index in [2.05, 4.69) is 15.5 Å². The number of rotatable bonds is 6. The first-order chi connectivity index (χ1) is 12.5. The van der Waals surface area contributed by atoms with Gasteiger partial charge in [0.05, 0.1) is 16.8 Å². The Morgan fingerprint density at radius 2 is 1.96 bits per heavy atom. The van der Waals surface area contributed by atoms with E-state index in [1.165, 1.54) is 17.3 Å². The minimum atomic E-state index is -0.233. The molecule has 0 bridgehead atoms. The maximum atomic E-state index is 12.3.